The van der Waals surface area contributed by atoms with Crippen LogP contribution in [0.3, 0.4) is 0 Å². The van der Waals surface area contributed by atoms with Gasteiger partial charge in [-0.25, -0.2) is 0 Å². The van der Waals surface area contributed by atoms with Gasteiger partial charge in [0.15, 0.2) is 0 Å². The Kier molecular flexibility index (Phi) is 7.82. The van der Waals surface area contributed by atoms with Crippen molar-refractivity contribution in [1.82, 2.24) is 4.90 Å². The Morgan fingerprint density at radius 1 is 1.35 bits per heavy atom. The second-order valence-corrected chi connectivity index (χ2v) is 5.62. The van der Waals surface area contributed by atoms with Crippen LogP contribution in [0.1, 0.15) is 39.5 Å². The van der Waals surface area contributed by atoms with Gasteiger partial charge in [0.2, 0.25) is 0 Å². The Bertz CT molecular complexity index is 185. The summed E-state index contributed by atoms with van der Waals surface area (Å²) in [6, 6.07) is 0. The third-order valence-electron chi connectivity index (χ3n) is 3.54. The largest absolute Gasteiger partial charge is 0.394 e. The summed E-state index contributed by atoms with van der Waals surface area (Å²) in [7, 11) is 0. The van der Waals surface area contributed by atoms with Gasteiger partial charge in [0.05, 0.1) is 19.8 Å². The Morgan fingerprint density at radius 2 is 2.18 bits per heavy atom. The minimum absolute atomic E-state index is 0.136. The summed E-state index contributed by atoms with van der Waals surface area (Å²) in [6.07, 6.45) is 5.48. The highest BCUT2D eigenvalue weighted by molar-refractivity contribution is 4.73. The summed E-state index contributed by atoms with van der Waals surface area (Å²) in [5.74, 6) is 1.72. The van der Waals surface area contributed by atoms with Gasteiger partial charge in [0, 0.05) is 13.1 Å². The van der Waals surface area contributed by atoms with Crippen LogP contribution in [0.25, 0.3) is 0 Å². The van der Waals surface area contributed by atoms with Crippen LogP contribution in [0, 0.1) is 11.8 Å². The second-order valence-electron chi connectivity index (χ2n) is 5.62. The molecule has 3 nitrogen and oxygen atoms in total. The summed E-state index contributed by atoms with van der Waals surface area (Å²) < 4.78 is 5.33. The first-order valence-corrected chi connectivity index (χ1v) is 7.13. The van der Waals surface area contributed by atoms with Gasteiger partial charge >= 0.3 is 0 Å². The molecule has 0 aromatic rings. The molecule has 17 heavy (non-hydrogen) atoms. The fourth-order valence-electron chi connectivity index (χ4n) is 2.52. The zero-order valence-corrected chi connectivity index (χ0v) is 11.5. The molecule has 0 spiro atoms. The van der Waals surface area contributed by atoms with Crippen LogP contribution in [0.2, 0.25) is 0 Å². The van der Waals surface area contributed by atoms with Crippen LogP contribution in [0.5, 0.6) is 0 Å². The maximum atomic E-state index is 8.63. The smallest absolute Gasteiger partial charge is 0.0698 e. The molecule has 0 amide bonds. The molecule has 1 atom stereocenters. The summed E-state index contributed by atoms with van der Waals surface area (Å²) in [6.45, 7) is 9.49. The van der Waals surface area contributed by atoms with E-state index in [1.54, 1.807) is 0 Å². The van der Waals surface area contributed by atoms with Crippen molar-refractivity contribution < 1.29 is 9.84 Å². The van der Waals surface area contributed by atoms with Crippen LogP contribution >= 0.6 is 0 Å². The summed E-state index contributed by atoms with van der Waals surface area (Å²) in [4.78, 5) is 2.52. The molecule has 102 valence electrons. The van der Waals surface area contributed by atoms with Crippen LogP contribution in [0.15, 0.2) is 0 Å². The number of aliphatic hydroxyl groups is 1. The van der Waals surface area contributed by atoms with Crippen LogP contribution in [0.4, 0.5) is 0 Å². The average molecular weight is 243 g/mol. The van der Waals surface area contributed by atoms with E-state index in [-0.39, 0.29) is 6.61 Å². The molecule has 1 aliphatic heterocycles. The van der Waals surface area contributed by atoms with Gasteiger partial charge in [-0.05, 0) is 37.6 Å². The van der Waals surface area contributed by atoms with Gasteiger partial charge in [0.25, 0.3) is 0 Å². The molecule has 1 N–H and O–H groups in total. The van der Waals surface area contributed by atoms with Crippen molar-refractivity contribution in [2.45, 2.75) is 39.5 Å². The Morgan fingerprint density at radius 3 is 2.88 bits per heavy atom. The van der Waals surface area contributed by atoms with Gasteiger partial charge < -0.3 is 14.7 Å². The van der Waals surface area contributed by atoms with Crippen molar-refractivity contribution in [2.75, 3.05) is 39.5 Å². The fraction of sp³-hybridized carbons (Fsp3) is 1.00. The van der Waals surface area contributed by atoms with E-state index in [9.17, 15) is 0 Å². The lowest BCUT2D eigenvalue weighted by Gasteiger charge is -2.33. The molecule has 1 saturated heterocycles. The zero-order valence-electron chi connectivity index (χ0n) is 11.5. The highest BCUT2D eigenvalue weighted by Gasteiger charge is 2.19. The third kappa shape index (κ3) is 7.02. The van der Waals surface area contributed by atoms with Crippen molar-refractivity contribution in [3.63, 3.8) is 0 Å². The Balaban J connectivity index is 2.10. The first-order chi connectivity index (χ1) is 8.22. The predicted octanol–water partition coefficient (Wildman–Crippen LogP) is 2.14. The fourth-order valence-corrected chi connectivity index (χ4v) is 2.52. The number of aliphatic hydroxyl groups excluding tert-OH is 1. The number of likely N-dealkylation sites (tertiary alicyclic amines) is 1. The van der Waals surface area contributed by atoms with Crippen LogP contribution < -0.4 is 0 Å². The van der Waals surface area contributed by atoms with Crippen LogP contribution in [-0.2, 0) is 4.74 Å². The Labute approximate surface area is 106 Å². The first-order valence-electron chi connectivity index (χ1n) is 7.13. The molecule has 3 heteroatoms. The molecule has 1 heterocycles. The molecule has 0 saturated carbocycles. The summed E-state index contributed by atoms with van der Waals surface area (Å²) >= 11 is 0. The summed E-state index contributed by atoms with van der Waals surface area (Å²) in [5, 5.41) is 8.63. The average Bonchev–Trinajstić information content (AvgIpc) is 2.33. The quantitative estimate of drug-likeness (QED) is 0.663. The zero-order chi connectivity index (χ0) is 12.5. The molecule has 1 aliphatic rings. The molecular formula is C14H29NO2. The maximum absolute atomic E-state index is 8.63. The Hall–Kier alpha value is -0.120. The van der Waals surface area contributed by atoms with E-state index in [1.807, 2.05) is 0 Å². The van der Waals surface area contributed by atoms with Gasteiger partial charge in [-0.1, -0.05) is 20.3 Å². The monoisotopic (exact) mass is 243 g/mol. The van der Waals surface area contributed by atoms with Crippen molar-refractivity contribution in [2.24, 2.45) is 11.8 Å². The molecule has 0 aromatic heterocycles. The standard InChI is InChI=1S/C14H29NO2/c1-13(2)5-6-14-4-3-7-15(12-14)8-10-17-11-9-16/h13-14,16H,3-12H2,1-2H3. The van der Waals surface area contributed by atoms with Gasteiger partial charge in [0.1, 0.15) is 0 Å². The normalized spacial score (nSPS) is 22.2. The lowest BCUT2D eigenvalue weighted by molar-refractivity contribution is 0.0613. The maximum Gasteiger partial charge on any atom is 0.0698 e. The molecule has 1 fully saturated rings. The molecule has 0 radical (unpaired) electrons. The molecule has 0 aromatic carbocycles. The number of ether oxygens (including phenoxy) is 1. The van der Waals surface area contributed by atoms with Crippen molar-refractivity contribution in [3.05, 3.63) is 0 Å². The number of piperidine rings is 1. The summed E-state index contributed by atoms with van der Waals surface area (Å²) in [5.41, 5.74) is 0. The highest BCUT2D eigenvalue weighted by atomic mass is 16.5. The topological polar surface area (TPSA) is 32.7 Å². The molecule has 1 rings (SSSR count). The van der Waals surface area contributed by atoms with Crippen LogP contribution in [-0.4, -0.2) is 49.5 Å². The highest BCUT2D eigenvalue weighted by Crippen LogP contribution is 2.22. The van der Waals surface area contributed by atoms with E-state index in [1.165, 1.54) is 38.8 Å². The van der Waals surface area contributed by atoms with E-state index >= 15 is 0 Å². The van der Waals surface area contributed by atoms with Crippen molar-refractivity contribution in [3.8, 4) is 0 Å². The lowest BCUT2D eigenvalue weighted by Crippen LogP contribution is -2.37. The lowest BCUT2D eigenvalue weighted by atomic mass is 9.91. The SMILES string of the molecule is CC(C)CCC1CCCN(CCOCCO)C1. The molecule has 1 unspecified atom stereocenters. The molecule has 0 aliphatic carbocycles. The van der Waals surface area contributed by atoms with Gasteiger partial charge in [-0.2, -0.15) is 0 Å². The molecular weight excluding hydrogens is 214 g/mol. The second kappa shape index (κ2) is 8.90. The van der Waals surface area contributed by atoms with Gasteiger partial charge in [-0.15, -0.1) is 0 Å². The number of rotatable bonds is 8. The van der Waals surface area contributed by atoms with E-state index in [0.29, 0.717) is 6.61 Å². The predicted molar refractivity (Wildman–Crippen MR) is 71.1 cm³/mol. The third-order valence-corrected chi connectivity index (χ3v) is 3.54. The number of nitrogens with zero attached hydrogens (tertiary/aromatic N) is 1. The van der Waals surface area contributed by atoms with E-state index < -0.39 is 0 Å². The van der Waals surface area contributed by atoms with E-state index in [2.05, 4.69) is 18.7 Å². The first kappa shape index (κ1) is 14.9. The number of hydrogen-bond donors (Lipinski definition) is 1. The minimum Gasteiger partial charge on any atom is -0.394 e. The van der Waals surface area contributed by atoms with E-state index in [4.69, 9.17) is 9.84 Å². The van der Waals surface area contributed by atoms with Gasteiger partial charge in [-0.3, -0.25) is 0 Å². The van der Waals surface area contributed by atoms with E-state index in [0.717, 1.165) is 25.0 Å². The minimum atomic E-state index is 0.136. The number of hydrogen-bond acceptors (Lipinski definition) is 3. The van der Waals surface area contributed by atoms with Crippen molar-refractivity contribution in [1.29, 1.82) is 0 Å². The van der Waals surface area contributed by atoms with Crippen molar-refractivity contribution >= 4 is 0 Å². The molecule has 0 bridgehead atoms.